The first kappa shape index (κ1) is 30.6. The monoisotopic (exact) mass is 549 g/mol. The van der Waals surface area contributed by atoms with E-state index in [-0.39, 0.29) is 18.6 Å². The minimum Gasteiger partial charge on any atom is -0.480 e. The third-order valence-corrected chi connectivity index (χ3v) is 6.23. The molecule has 4 unspecified atom stereocenters. The molecule has 0 aliphatic carbocycles. The molecule has 1 heterocycles. The lowest BCUT2D eigenvalue weighted by Gasteiger charge is -2.24. The number of aromatic nitrogens is 1. The van der Waals surface area contributed by atoms with Crippen LogP contribution in [0.5, 0.6) is 0 Å². The van der Waals surface area contributed by atoms with Gasteiger partial charge in [-0.3, -0.25) is 19.2 Å². The zero-order valence-electron chi connectivity index (χ0n) is 20.8. The molecular formula is C24H35N7O6S. The molecule has 4 amide bonds. The van der Waals surface area contributed by atoms with Gasteiger partial charge < -0.3 is 43.2 Å². The molecule has 0 aliphatic rings. The van der Waals surface area contributed by atoms with Crippen molar-refractivity contribution in [1.82, 2.24) is 20.9 Å². The Hall–Kier alpha value is -3.62. The van der Waals surface area contributed by atoms with Crippen LogP contribution in [0.15, 0.2) is 30.5 Å². The number of hydrogen-bond acceptors (Lipinski definition) is 8. The van der Waals surface area contributed by atoms with Crippen LogP contribution < -0.4 is 33.2 Å². The number of benzene rings is 1. The van der Waals surface area contributed by atoms with Crippen LogP contribution >= 0.6 is 12.6 Å². The first-order chi connectivity index (χ1) is 18.1. The molecule has 4 atom stereocenters. The highest BCUT2D eigenvalue weighted by Crippen LogP contribution is 2.18. The van der Waals surface area contributed by atoms with Gasteiger partial charge in [0, 0.05) is 22.9 Å². The van der Waals surface area contributed by atoms with Crippen LogP contribution in [0.2, 0.25) is 0 Å². The van der Waals surface area contributed by atoms with Crippen LogP contribution in [0.1, 0.15) is 31.2 Å². The van der Waals surface area contributed by atoms with Crippen molar-refractivity contribution in [2.45, 2.75) is 56.3 Å². The number of aromatic amines is 1. The molecule has 0 saturated heterocycles. The van der Waals surface area contributed by atoms with E-state index in [1.54, 1.807) is 6.20 Å². The van der Waals surface area contributed by atoms with Crippen molar-refractivity contribution in [3.05, 3.63) is 36.0 Å². The number of hydrogen-bond donors (Lipinski definition) is 9. The van der Waals surface area contributed by atoms with Gasteiger partial charge in [-0.05, 0) is 43.9 Å². The summed E-state index contributed by atoms with van der Waals surface area (Å²) in [5.74, 6) is -4.64. The second kappa shape index (κ2) is 15.0. The van der Waals surface area contributed by atoms with Crippen LogP contribution in [0.25, 0.3) is 10.9 Å². The Labute approximate surface area is 225 Å². The van der Waals surface area contributed by atoms with Crippen LogP contribution in [-0.4, -0.2) is 76.2 Å². The number of H-pyrrole nitrogens is 1. The third-order valence-electron chi connectivity index (χ3n) is 5.87. The Morgan fingerprint density at radius 3 is 2.21 bits per heavy atom. The maximum absolute atomic E-state index is 12.9. The van der Waals surface area contributed by atoms with Crippen molar-refractivity contribution < 1.29 is 29.1 Å². The molecule has 0 saturated carbocycles. The summed E-state index contributed by atoms with van der Waals surface area (Å²) in [5.41, 5.74) is 18.4. The molecule has 1 aromatic carbocycles. The van der Waals surface area contributed by atoms with E-state index in [1.807, 2.05) is 24.3 Å². The lowest BCUT2D eigenvalue weighted by Crippen LogP contribution is -2.58. The Balaban J connectivity index is 2.04. The minimum atomic E-state index is -1.41. The second-order valence-corrected chi connectivity index (χ2v) is 9.19. The van der Waals surface area contributed by atoms with Gasteiger partial charge in [0.05, 0.1) is 12.5 Å². The molecule has 1 aromatic heterocycles. The van der Waals surface area contributed by atoms with Crippen molar-refractivity contribution in [2.75, 3.05) is 12.3 Å². The predicted octanol–water partition coefficient (Wildman–Crippen LogP) is -1.49. The molecule has 2 aromatic rings. The number of nitrogens with two attached hydrogens (primary N) is 3. The highest BCUT2D eigenvalue weighted by molar-refractivity contribution is 7.80. The van der Waals surface area contributed by atoms with Crippen molar-refractivity contribution in [1.29, 1.82) is 0 Å². The zero-order valence-corrected chi connectivity index (χ0v) is 21.7. The van der Waals surface area contributed by atoms with Gasteiger partial charge >= 0.3 is 5.97 Å². The second-order valence-electron chi connectivity index (χ2n) is 8.83. The van der Waals surface area contributed by atoms with Gasteiger partial charge in [-0.25, -0.2) is 4.79 Å². The van der Waals surface area contributed by atoms with Gasteiger partial charge in [0.2, 0.25) is 23.6 Å². The van der Waals surface area contributed by atoms with E-state index < -0.39 is 60.2 Å². The summed E-state index contributed by atoms with van der Waals surface area (Å²) in [6, 6.07) is 2.59. The number of primary amides is 1. The van der Waals surface area contributed by atoms with Gasteiger partial charge in [0.1, 0.15) is 18.1 Å². The Morgan fingerprint density at radius 2 is 1.58 bits per heavy atom. The number of carboxylic acids is 1. The molecule has 0 aliphatic heterocycles. The van der Waals surface area contributed by atoms with Crippen LogP contribution in [0.4, 0.5) is 0 Å². The number of fused-ring (bicyclic) bond motifs is 1. The largest absolute Gasteiger partial charge is 0.480 e. The van der Waals surface area contributed by atoms with Crippen molar-refractivity contribution >= 4 is 53.1 Å². The molecule has 38 heavy (non-hydrogen) atoms. The normalized spacial score (nSPS) is 14.2. The van der Waals surface area contributed by atoms with Crippen LogP contribution in [-0.2, 0) is 30.4 Å². The summed E-state index contributed by atoms with van der Waals surface area (Å²) >= 11 is 4.07. The van der Waals surface area contributed by atoms with E-state index in [1.165, 1.54) is 0 Å². The molecule has 2 rings (SSSR count). The van der Waals surface area contributed by atoms with Crippen molar-refractivity contribution in [2.24, 2.45) is 17.2 Å². The number of carboxylic acid groups (broad SMARTS) is 1. The molecule has 13 nitrogen and oxygen atoms in total. The van der Waals surface area contributed by atoms with Gasteiger partial charge in [-0.2, -0.15) is 12.6 Å². The number of aliphatic carboxylic acids is 1. The number of thiol groups is 1. The highest BCUT2D eigenvalue weighted by Gasteiger charge is 2.30. The van der Waals surface area contributed by atoms with E-state index in [2.05, 4.69) is 33.6 Å². The van der Waals surface area contributed by atoms with Gasteiger partial charge in [-0.1, -0.05) is 18.2 Å². The predicted molar refractivity (Wildman–Crippen MR) is 144 cm³/mol. The van der Waals surface area contributed by atoms with E-state index in [0.29, 0.717) is 19.4 Å². The number of carbonyl (C=O) groups is 5. The molecule has 208 valence electrons. The van der Waals surface area contributed by atoms with E-state index in [4.69, 9.17) is 17.2 Å². The van der Waals surface area contributed by atoms with Gasteiger partial charge in [-0.15, -0.1) is 0 Å². The maximum atomic E-state index is 12.9. The SMILES string of the molecule is NCCCCC(NC(=O)C(CS)NC(=O)C(CC(N)=O)NC(=O)C(N)Cc1c[nH]c2ccccc12)C(=O)O. The molecule has 0 radical (unpaired) electrons. The summed E-state index contributed by atoms with van der Waals surface area (Å²) in [6.45, 7) is 0.383. The Kier molecular flexibility index (Phi) is 12.0. The number of nitrogens with one attached hydrogen (secondary N) is 4. The topological polar surface area (TPSA) is 236 Å². The van der Waals surface area contributed by atoms with Crippen molar-refractivity contribution in [3.8, 4) is 0 Å². The number of carbonyl (C=O) groups excluding carboxylic acids is 4. The fraction of sp³-hybridized carbons (Fsp3) is 0.458. The lowest BCUT2D eigenvalue weighted by atomic mass is 10.0. The number of rotatable bonds is 16. The number of para-hydroxylation sites is 1. The quantitative estimate of drug-likeness (QED) is 0.0881. The van der Waals surface area contributed by atoms with Gasteiger partial charge in [0.15, 0.2) is 0 Å². The highest BCUT2D eigenvalue weighted by atomic mass is 32.1. The number of amides is 4. The minimum absolute atomic E-state index is 0.153. The molecule has 0 spiro atoms. The maximum Gasteiger partial charge on any atom is 0.326 e. The van der Waals surface area contributed by atoms with Crippen LogP contribution in [0.3, 0.4) is 0 Å². The fourth-order valence-corrected chi connectivity index (χ4v) is 4.07. The summed E-state index contributed by atoms with van der Waals surface area (Å²) in [4.78, 5) is 64.5. The fourth-order valence-electron chi connectivity index (χ4n) is 3.81. The van der Waals surface area contributed by atoms with E-state index in [0.717, 1.165) is 16.5 Å². The van der Waals surface area contributed by atoms with Crippen LogP contribution in [0, 0.1) is 0 Å². The smallest absolute Gasteiger partial charge is 0.326 e. The Bertz CT molecular complexity index is 1140. The zero-order chi connectivity index (χ0) is 28.2. The van der Waals surface area contributed by atoms with Crippen molar-refractivity contribution in [3.63, 3.8) is 0 Å². The summed E-state index contributed by atoms with van der Waals surface area (Å²) < 4.78 is 0. The molecule has 0 bridgehead atoms. The average Bonchev–Trinajstić information content (AvgIpc) is 3.28. The summed E-state index contributed by atoms with van der Waals surface area (Å²) in [6.07, 6.45) is 2.57. The number of unbranched alkanes of at least 4 members (excludes halogenated alkanes) is 1. The standard InChI is InChI=1S/C24H35N7O6S/c25-8-4-3-7-17(24(36)37)29-23(35)19(12-38)31-22(34)18(10-20(27)32)30-21(33)15(26)9-13-11-28-16-6-2-1-5-14(13)16/h1-2,5-6,11,15,17-19,28,38H,3-4,7-10,12,25-26H2,(H2,27,32)(H,29,35)(H,30,33)(H,31,34)(H,36,37). The summed E-state index contributed by atoms with van der Waals surface area (Å²) in [5, 5.41) is 17.5. The first-order valence-electron chi connectivity index (χ1n) is 12.1. The molecule has 11 N–H and O–H groups in total. The molecule has 14 heteroatoms. The molecular weight excluding hydrogens is 514 g/mol. The molecule has 0 fully saturated rings. The third kappa shape index (κ3) is 9.04. The first-order valence-corrected chi connectivity index (χ1v) is 12.7. The van der Waals surface area contributed by atoms with E-state index in [9.17, 15) is 29.1 Å². The van der Waals surface area contributed by atoms with E-state index >= 15 is 0 Å². The lowest BCUT2D eigenvalue weighted by molar-refractivity contribution is -0.142. The summed E-state index contributed by atoms with van der Waals surface area (Å²) in [7, 11) is 0. The Morgan fingerprint density at radius 1 is 0.947 bits per heavy atom. The average molecular weight is 550 g/mol. The van der Waals surface area contributed by atoms with Gasteiger partial charge in [0.25, 0.3) is 0 Å².